The zero-order valence-corrected chi connectivity index (χ0v) is 26.2. The second kappa shape index (κ2) is 12.3. The molecule has 0 unspecified atom stereocenters. The van der Waals surface area contributed by atoms with Crippen LogP contribution < -0.4 is 9.64 Å². The van der Waals surface area contributed by atoms with Crippen LogP contribution in [0.2, 0.25) is 0 Å². The third-order valence-corrected chi connectivity index (χ3v) is 9.50. The number of aromatic carboxylic acids is 1. The number of pyridine rings is 1. The predicted molar refractivity (Wildman–Crippen MR) is 164 cm³/mol. The van der Waals surface area contributed by atoms with Crippen LogP contribution in [0.3, 0.4) is 0 Å². The van der Waals surface area contributed by atoms with Crippen LogP contribution in [0.1, 0.15) is 51.5 Å². The molecule has 252 valence electrons. The number of ether oxygens (including phenoxy) is 2. The van der Waals surface area contributed by atoms with Crippen molar-refractivity contribution in [3.8, 4) is 27.3 Å². The molecule has 2 aromatic heterocycles. The van der Waals surface area contributed by atoms with E-state index in [2.05, 4.69) is 0 Å². The van der Waals surface area contributed by atoms with Crippen LogP contribution in [0.25, 0.3) is 21.6 Å². The summed E-state index contributed by atoms with van der Waals surface area (Å²) in [5.41, 5.74) is -1.25. The number of carbonyl (C=O) groups excluding carboxylic acids is 1. The van der Waals surface area contributed by atoms with Crippen LogP contribution >= 0.6 is 11.3 Å². The van der Waals surface area contributed by atoms with Crippen molar-refractivity contribution in [1.82, 2.24) is 9.88 Å². The smallest absolute Gasteiger partial charge is 0.416 e. The number of hydrogen-bond acceptors (Lipinski definition) is 7. The van der Waals surface area contributed by atoms with Gasteiger partial charge in [0.25, 0.3) is 0 Å². The molecule has 0 aliphatic carbocycles. The summed E-state index contributed by atoms with van der Waals surface area (Å²) in [6, 6.07) is 12.3. The molecule has 48 heavy (non-hydrogen) atoms. The van der Waals surface area contributed by atoms with E-state index in [4.69, 9.17) is 14.5 Å². The first-order valence-corrected chi connectivity index (χ1v) is 15.5. The van der Waals surface area contributed by atoms with Crippen molar-refractivity contribution >= 4 is 29.2 Å². The van der Waals surface area contributed by atoms with Crippen LogP contribution in [-0.2, 0) is 23.6 Å². The van der Waals surface area contributed by atoms with Crippen LogP contribution in [0.5, 0.6) is 5.75 Å². The number of aromatic nitrogens is 1. The highest BCUT2D eigenvalue weighted by atomic mass is 32.1. The molecule has 0 bridgehead atoms. The number of thiophene rings is 1. The molecule has 1 N–H and O–H groups in total. The van der Waals surface area contributed by atoms with Gasteiger partial charge in [-0.05, 0) is 85.1 Å². The van der Waals surface area contributed by atoms with Crippen molar-refractivity contribution in [1.29, 1.82) is 0 Å². The Kier molecular flexibility index (Phi) is 8.52. The number of carboxylic acid groups (broad SMARTS) is 1. The Morgan fingerprint density at radius 2 is 1.67 bits per heavy atom. The number of halogens is 6. The molecule has 2 saturated heterocycles. The van der Waals surface area contributed by atoms with Gasteiger partial charge in [-0.2, -0.15) is 26.3 Å². The number of nitrogens with zero attached hydrogens (tertiary/aromatic N) is 3. The summed E-state index contributed by atoms with van der Waals surface area (Å²) in [5.74, 6) is 0.0220. The molecule has 2 fully saturated rings. The summed E-state index contributed by atoms with van der Waals surface area (Å²) < 4.78 is 92.7. The van der Waals surface area contributed by atoms with Gasteiger partial charge in [-0.1, -0.05) is 0 Å². The van der Waals surface area contributed by atoms with Gasteiger partial charge < -0.3 is 19.5 Å². The molecule has 8 nitrogen and oxygen atoms in total. The number of methoxy groups -OCH3 is 1. The highest BCUT2D eigenvalue weighted by Gasteiger charge is 2.43. The fourth-order valence-corrected chi connectivity index (χ4v) is 6.56. The average molecular weight is 692 g/mol. The molecule has 2 aliphatic rings. The van der Waals surface area contributed by atoms with Gasteiger partial charge in [-0.25, -0.2) is 14.6 Å². The third-order valence-electron chi connectivity index (χ3n) is 8.38. The summed E-state index contributed by atoms with van der Waals surface area (Å²) >= 11 is 1.09. The molecule has 2 aromatic carbocycles. The largest absolute Gasteiger partial charge is 0.496 e. The minimum Gasteiger partial charge on any atom is -0.496 e. The van der Waals surface area contributed by atoms with Gasteiger partial charge in [-0.15, -0.1) is 11.3 Å². The molecule has 0 spiro atoms. The predicted octanol–water partition coefficient (Wildman–Crippen LogP) is 8.51. The van der Waals surface area contributed by atoms with Crippen molar-refractivity contribution in [2.45, 2.75) is 44.4 Å². The van der Waals surface area contributed by atoms with E-state index in [1.807, 2.05) is 11.0 Å². The van der Waals surface area contributed by atoms with Crippen LogP contribution in [0.4, 0.5) is 37.0 Å². The monoisotopic (exact) mass is 691 g/mol. The Labute approximate surface area is 274 Å². The number of rotatable bonds is 8. The maximum atomic E-state index is 13.6. The summed E-state index contributed by atoms with van der Waals surface area (Å²) in [6.07, 6.45) is -11.5. The van der Waals surface area contributed by atoms with Gasteiger partial charge in [0.1, 0.15) is 22.5 Å². The number of carboxylic acids is 1. The second-order valence-corrected chi connectivity index (χ2v) is 12.5. The maximum Gasteiger partial charge on any atom is 0.416 e. The molecule has 6 rings (SSSR count). The normalized spacial score (nSPS) is 18.1. The van der Waals surface area contributed by atoms with E-state index in [1.165, 1.54) is 25.0 Å². The Balaban J connectivity index is 1.39. The van der Waals surface area contributed by atoms with Crippen LogP contribution in [-0.4, -0.2) is 53.3 Å². The molecule has 15 heteroatoms. The highest BCUT2D eigenvalue weighted by molar-refractivity contribution is 7.17. The van der Waals surface area contributed by atoms with Gasteiger partial charge in [0.05, 0.1) is 36.5 Å². The van der Waals surface area contributed by atoms with E-state index in [0.717, 1.165) is 30.8 Å². The first kappa shape index (κ1) is 33.1. The van der Waals surface area contributed by atoms with Gasteiger partial charge in [0.15, 0.2) is 0 Å². The fraction of sp³-hybridized carbons (Fsp3) is 0.303. The number of benzene rings is 2. The molecule has 4 heterocycles. The Bertz CT molecular complexity index is 1860. The van der Waals surface area contributed by atoms with E-state index in [9.17, 15) is 41.0 Å². The second-order valence-electron chi connectivity index (χ2n) is 11.4. The van der Waals surface area contributed by atoms with Crippen LogP contribution in [0, 0.1) is 0 Å². The zero-order chi connectivity index (χ0) is 34.5. The lowest BCUT2D eigenvalue weighted by molar-refractivity contribution is -0.143. The molecule has 0 radical (unpaired) electrons. The number of alkyl halides is 6. The van der Waals surface area contributed by atoms with E-state index in [0.29, 0.717) is 51.0 Å². The molecular formula is C33H27F6N3O5S. The molecule has 2 atom stereocenters. The topological polar surface area (TPSA) is 92.2 Å². The Morgan fingerprint density at radius 1 is 0.979 bits per heavy atom. The van der Waals surface area contributed by atoms with E-state index < -0.39 is 53.3 Å². The highest BCUT2D eigenvalue weighted by Crippen LogP contribution is 2.43. The van der Waals surface area contributed by atoms with E-state index >= 15 is 0 Å². The van der Waals surface area contributed by atoms with Gasteiger partial charge in [-0.3, -0.25) is 4.90 Å². The number of cyclic esters (lactones) is 1. The summed E-state index contributed by atoms with van der Waals surface area (Å²) in [5, 5.41) is 9.40. The number of amides is 1. The number of anilines is 1. The molecule has 4 aromatic rings. The van der Waals surface area contributed by atoms with Crippen molar-refractivity contribution in [2.75, 3.05) is 25.1 Å². The number of carbonyl (C=O) groups is 2. The average Bonchev–Trinajstić information content (AvgIpc) is 3.61. The quantitative estimate of drug-likeness (QED) is 0.185. The Morgan fingerprint density at radius 3 is 2.23 bits per heavy atom. The van der Waals surface area contributed by atoms with E-state index in [1.54, 1.807) is 30.3 Å². The van der Waals surface area contributed by atoms with Gasteiger partial charge in [0, 0.05) is 29.1 Å². The molecule has 1 amide bonds. The first-order valence-electron chi connectivity index (χ1n) is 14.7. The summed E-state index contributed by atoms with van der Waals surface area (Å²) in [6.45, 7) is 2.82. The molecule has 0 saturated carbocycles. The zero-order valence-electron chi connectivity index (χ0n) is 25.4. The fourth-order valence-electron chi connectivity index (χ4n) is 5.72. The molecule has 2 aliphatic heterocycles. The first-order chi connectivity index (χ1) is 22.6. The lowest BCUT2D eigenvalue weighted by Crippen LogP contribution is -2.38. The van der Waals surface area contributed by atoms with Crippen molar-refractivity contribution < 1.29 is 50.5 Å². The van der Waals surface area contributed by atoms with Gasteiger partial charge in [0.2, 0.25) is 0 Å². The minimum absolute atomic E-state index is 0.0281. The SMILES string of the molecule is COc1ccc(-c2ccc(C(=O)O)s2)cc1-c1ccc(N2CCC2)nc1CN1C(=O)O[C@H](c2cc(C(F)(F)F)cc(C(F)(F)F)c2)[C@@H]1C. The number of hydrogen-bond donors (Lipinski definition) is 1. The van der Waals surface area contributed by atoms with Gasteiger partial charge >= 0.3 is 24.4 Å². The minimum atomic E-state index is -5.07. The van der Waals surface area contributed by atoms with Crippen LogP contribution in [0.15, 0.2) is 60.7 Å². The lowest BCUT2D eigenvalue weighted by Gasteiger charge is -2.33. The third kappa shape index (κ3) is 6.38. The van der Waals surface area contributed by atoms with Crippen molar-refractivity contribution in [3.05, 3.63) is 87.9 Å². The van der Waals surface area contributed by atoms with Crippen molar-refractivity contribution in [2.24, 2.45) is 0 Å². The summed E-state index contributed by atoms with van der Waals surface area (Å²) in [4.78, 5) is 33.7. The summed E-state index contributed by atoms with van der Waals surface area (Å²) in [7, 11) is 1.47. The standard InChI is InChI=1S/C33H27F6N3O5S/c1-17-29(19-12-20(32(34,35)36)15-21(13-19)33(37,38)39)47-31(45)42(17)16-24-22(5-9-28(40-24)41-10-3-11-41)23-14-18(4-6-25(23)46-2)26-7-8-27(48-26)30(43)44/h4-9,12-15,17,29H,3,10-11,16H2,1-2H3,(H,43,44)/t17-,29-/m0/s1. The Hall–Kier alpha value is -4.79. The maximum absolute atomic E-state index is 13.6. The van der Waals surface area contributed by atoms with Crippen molar-refractivity contribution in [3.63, 3.8) is 0 Å². The molecular weight excluding hydrogens is 664 g/mol. The van der Waals surface area contributed by atoms with E-state index in [-0.39, 0.29) is 17.5 Å². The lowest BCUT2D eigenvalue weighted by atomic mass is 9.96.